The van der Waals surface area contributed by atoms with Crippen molar-refractivity contribution in [3.63, 3.8) is 0 Å². The van der Waals surface area contributed by atoms with Crippen LogP contribution in [0.4, 0.5) is 5.82 Å². The molecular weight excluding hydrogens is 306 g/mol. The average molecular weight is 325 g/mol. The van der Waals surface area contributed by atoms with Gasteiger partial charge < -0.3 is 10.0 Å². The zero-order valence-corrected chi connectivity index (χ0v) is 13.4. The van der Waals surface area contributed by atoms with Gasteiger partial charge in [0.25, 0.3) is 10.2 Å². The molecule has 120 valence electrons. The topological polar surface area (TPSA) is 89.9 Å². The van der Waals surface area contributed by atoms with Crippen LogP contribution >= 0.6 is 0 Å². The van der Waals surface area contributed by atoms with Crippen molar-refractivity contribution in [3.05, 3.63) is 18.1 Å². The van der Waals surface area contributed by atoms with Crippen LogP contribution in [0.3, 0.4) is 0 Å². The first-order chi connectivity index (χ1) is 10.4. The Hall–Kier alpha value is -1.73. The summed E-state index contributed by atoms with van der Waals surface area (Å²) in [6.07, 6.45) is 5.54. The van der Waals surface area contributed by atoms with Crippen molar-refractivity contribution in [2.45, 2.75) is 6.10 Å². The molecule has 0 aliphatic carbocycles. The molecule has 22 heavy (non-hydrogen) atoms. The highest BCUT2D eigenvalue weighted by molar-refractivity contribution is 7.86. The molecule has 0 radical (unpaired) electrons. The maximum Gasteiger partial charge on any atom is 0.281 e. The number of hydrogen-bond donors (Lipinski definition) is 1. The van der Waals surface area contributed by atoms with Crippen molar-refractivity contribution in [1.29, 1.82) is 0 Å². The molecule has 0 saturated carbocycles. The average Bonchev–Trinajstić information content (AvgIpc) is 2.54. The molecule has 1 aromatic rings. The van der Waals surface area contributed by atoms with Crippen molar-refractivity contribution >= 4 is 16.0 Å². The van der Waals surface area contributed by atoms with E-state index in [-0.39, 0.29) is 5.82 Å². The summed E-state index contributed by atoms with van der Waals surface area (Å²) in [5.74, 6) is 2.97. The SMILES string of the molecule is C#C[C@@H](O)c1nccc(N2CCN(S(=O)(=O)N(C)C)CC2)n1. The summed E-state index contributed by atoms with van der Waals surface area (Å²) < 4.78 is 26.8. The Kier molecular flexibility index (Phi) is 4.97. The van der Waals surface area contributed by atoms with E-state index in [1.807, 2.05) is 4.90 Å². The van der Waals surface area contributed by atoms with Crippen molar-refractivity contribution < 1.29 is 13.5 Å². The first-order valence-electron chi connectivity index (χ1n) is 6.76. The van der Waals surface area contributed by atoms with Crippen LogP contribution in [0, 0.1) is 12.3 Å². The molecule has 2 heterocycles. The fourth-order valence-electron chi connectivity index (χ4n) is 2.13. The lowest BCUT2D eigenvalue weighted by molar-refractivity contribution is 0.228. The Bertz CT molecular complexity index is 662. The van der Waals surface area contributed by atoms with Gasteiger partial charge in [-0.15, -0.1) is 6.42 Å². The molecule has 0 aromatic carbocycles. The molecule has 1 saturated heterocycles. The zero-order valence-electron chi connectivity index (χ0n) is 12.5. The maximum absolute atomic E-state index is 12.1. The Labute approximate surface area is 130 Å². The van der Waals surface area contributed by atoms with E-state index in [9.17, 15) is 13.5 Å². The standard InChI is InChI=1S/C13H19N5O3S/c1-4-11(19)13-14-6-5-12(15-13)17-7-9-18(10-8-17)22(20,21)16(2)3/h1,5-6,11,19H,7-10H2,2-3H3/t11-/m1/s1. The van der Waals surface area contributed by atoms with Crippen molar-refractivity contribution in [2.24, 2.45) is 0 Å². The number of aliphatic hydroxyl groups excluding tert-OH is 1. The number of aromatic nitrogens is 2. The van der Waals surface area contributed by atoms with E-state index in [1.54, 1.807) is 6.07 Å². The van der Waals surface area contributed by atoms with Crippen molar-refractivity contribution in [2.75, 3.05) is 45.2 Å². The van der Waals surface area contributed by atoms with E-state index in [0.717, 1.165) is 0 Å². The highest BCUT2D eigenvalue weighted by Gasteiger charge is 2.29. The third-order valence-electron chi connectivity index (χ3n) is 3.41. The summed E-state index contributed by atoms with van der Waals surface area (Å²) in [4.78, 5) is 10.1. The molecule has 1 atom stereocenters. The van der Waals surface area contributed by atoms with Gasteiger partial charge in [-0.2, -0.15) is 17.0 Å². The number of piperazine rings is 1. The lowest BCUT2D eigenvalue weighted by Crippen LogP contribution is -2.51. The van der Waals surface area contributed by atoms with Crippen molar-refractivity contribution in [1.82, 2.24) is 18.6 Å². The van der Waals surface area contributed by atoms with Crippen molar-refractivity contribution in [3.8, 4) is 12.3 Å². The first-order valence-corrected chi connectivity index (χ1v) is 8.15. The minimum atomic E-state index is -3.39. The second kappa shape index (κ2) is 6.58. The summed E-state index contributed by atoms with van der Waals surface area (Å²) in [5, 5.41) is 9.59. The highest BCUT2D eigenvalue weighted by Crippen LogP contribution is 2.17. The molecule has 0 spiro atoms. The van der Waals surface area contributed by atoms with Crippen LogP contribution in [0.1, 0.15) is 11.9 Å². The van der Waals surface area contributed by atoms with E-state index in [1.165, 1.54) is 28.9 Å². The van der Waals surface area contributed by atoms with Gasteiger partial charge in [0.05, 0.1) is 0 Å². The summed E-state index contributed by atoms with van der Waals surface area (Å²) in [6, 6.07) is 1.71. The first kappa shape index (κ1) is 16.6. The smallest absolute Gasteiger partial charge is 0.281 e. The van der Waals surface area contributed by atoms with Gasteiger partial charge >= 0.3 is 0 Å². The lowest BCUT2D eigenvalue weighted by Gasteiger charge is -2.35. The van der Waals surface area contributed by atoms with E-state index >= 15 is 0 Å². The van der Waals surface area contributed by atoms with Gasteiger partial charge in [0.15, 0.2) is 11.9 Å². The van der Waals surface area contributed by atoms with Gasteiger partial charge in [-0.05, 0) is 6.07 Å². The summed E-state index contributed by atoms with van der Waals surface area (Å²) in [5.41, 5.74) is 0. The van der Waals surface area contributed by atoms with Crippen LogP contribution in [0.5, 0.6) is 0 Å². The molecule has 1 aromatic heterocycles. The molecule has 0 amide bonds. The van der Waals surface area contributed by atoms with Gasteiger partial charge in [0.2, 0.25) is 0 Å². The molecule has 2 rings (SSSR count). The molecule has 1 N–H and O–H groups in total. The van der Waals surface area contributed by atoms with Gasteiger partial charge in [-0.1, -0.05) is 5.92 Å². The third kappa shape index (κ3) is 3.36. The quantitative estimate of drug-likeness (QED) is 0.720. The molecule has 9 heteroatoms. The molecule has 0 unspecified atom stereocenters. The van der Waals surface area contributed by atoms with Crippen LogP contribution in [0.15, 0.2) is 12.3 Å². The number of hydrogen-bond acceptors (Lipinski definition) is 6. The Morgan fingerprint density at radius 3 is 2.55 bits per heavy atom. The summed E-state index contributed by atoms with van der Waals surface area (Å²) >= 11 is 0. The molecule has 1 aliphatic heterocycles. The highest BCUT2D eigenvalue weighted by atomic mass is 32.2. The van der Waals surface area contributed by atoms with Crippen LogP contribution < -0.4 is 4.90 Å². The Morgan fingerprint density at radius 1 is 1.36 bits per heavy atom. The van der Waals surface area contributed by atoms with Gasteiger partial charge in [0, 0.05) is 46.5 Å². The maximum atomic E-state index is 12.1. The predicted octanol–water partition coefficient (Wildman–Crippen LogP) is -0.928. The van der Waals surface area contributed by atoms with Crippen LogP contribution in [0.25, 0.3) is 0 Å². The molecule has 1 fully saturated rings. The van der Waals surface area contributed by atoms with Gasteiger partial charge in [-0.25, -0.2) is 9.97 Å². The minimum Gasteiger partial charge on any atom is -0.373 e. The zero-order chi connectivity index (χ0) is 16.3. The number of rotatable bonds is 4. The van der Waals surface area contributed by atoms with E-state index in [0.29, 0.717) is 32.0 Å². The number of terminal acetylenes is 1. The molecule has 8 nitrogen and oxygen atoms in total. The van der Waals surface area contributed by atoms with Gasteiger partial charge in [-0.3, -0.25) is 0 Å². The van der Waals surface area contributed by atoms with Gasteiger partial charge in [0.1, 0.15) is 5.82 Å². The second-order valence-electron chi connectivity index (χ2n) is 5.02. The minimum absolute atomic E-state index is 0.170. The number of anilines is 1. The predicted molar refractivity (Wildman–Crippen MR) is 82.2 cm³/mol. The fourth-order valence-corrected chi connectivity index (χ4v) is 3.21. The second-order valence-corrected chi connectivity index (χ2v) is 7.16. The molecule has 1 aliphatic rings. The van der Waals surface area contributed by atoms with Crippen LogP contribution in [-0.2, 0) is 10.2 Å². The fraction of sp³-hybridized carbons (Fsp3) is 0.538. The summed E-state index contributed by atoms with van der Waals surface area (Å²) in [7, 11) is -0.363. The third-order valence-corrected chi connectivity index (χ3v) is 5.35. The van der Waals surface area contributed by atoms with E-state index in [2.05, 4.69) is 15.9 Å². The molecular formula is C13H19N5O3S. The monoisotopic (exact) mass is 325 g/mol. The molecule has 0 bridgehead atoms. The lowest BCUT2D eigenvalue weighted by atomic mass is 10.3. The normalized spacial score (nSPS) is 18.2. The van der Waals surface area contributed by atoms with E-state index in [4.69, 9.17) is 6.42 Å². The number of nitrogens with zero attached hydrogens (tertiary/aromatic N) is 5. The summed E-state index contributed by atoms with van der Waals surface area (Å²) in [6.45, 7) is 1.76. The Morgan fingerprint density at radius 2 is 2.00 bits per heavy atom. The van der Waals surface area contributed by atoms with Crippen LogP contribution in [0.2, 0.25) is 0 Å². The number of aliphatic hydroxyl groups is 1. The largest absolute Gasteiger partial charge is 0.373 e. The Balaban J connectivity index is 2.08. The van der Waals surface area contributed by atoms with E-state index < -0.39 is 16.3 Å². The van der Waals surface area contributed by atoms with Crippen LogP contribution in [-0.4, -0.2) is 72.4 Å².